The van der Waals surface area contributed by atoms with Gasteiger partial charge in [0.1, 0.15) is 0 Å². The first-order chi connectivity index (χ1) is 14.5. The summed E-state index contributed by atoms with van der Waals surface area (Å²) in [5.41, 5.74) is 1.98. The average molecular weight is 499 g/mol. The van der Waals surface area contributed by atoms with Gasteiger partial charge in [-0.05, 0) is 69.9 Å². The summed E-state index contributed by atoms with van der Waals surface area (Å²) < 4.78 is 0.955. The smallest absolute Gasteiger partial charge is 0.228 e. The van der Waals surface area contributed by atoms with Crippen molar-refractivity contribution in [3.05, 3.63) is 53.1 Å². The van der Waals surface area contributed by atoms with Gasteiger partial charge in [0, 0.05) is 17.9 Å². The quantitative estimate of drug-likeness (QED) is 0.235. The predicted molar refractivity (Wildman–Crippen MR) is 139 cm³/mol. The first kappa shape index (κ1) is 25.9. The van der Waals surface area contributed by atoms with Crippen LogP contribution in [0.25, 0.3) is 10.2 Å². The number of hydrogen-bond acceptors (Lipinski definition) is 5. The molecule has 0 saturated heterocycles. The molecule has 0 atom stereocenters. The number of carbonyl (C=O) groups excluding carboxylic acids is 1. The van der Waals surface area contributed by atoms with E-state index >= 15 is 0 Å². The van der Waals surface area contributed by atoms with Crippen LogP contribution in [-0.2, 0) is 4.79 Å². The number of amides is 1. The second-order valence-corrected chi connectivity index (χ2v) is 10.1. The molecule has 31 heavy (non-hydrogen) atoms. The first-order valence-corrected chi connectivity index (χ1v) is 12.3. The average Bonchev–Trinajstić information content (AvgIpc) is 3.18. The summed E-state index contributed by atoms with van der Waals surface area (Å²) >= 11 is 9.69. The van der Waals surface area contributed by atoms with Crippen molar-refractivity contribution in [1.29, 1.82) is 0 Å². The summed E-state index contributed by atoms with van der Waals surface area (Å²) in [4.78, 5) is 23.1. The molecule has 2 aromatic carbocycles. The van der Waals surface area contributed by atoms with Gasteiger partial charge in [0.05, 0.1) is 15.2 Å². The maximum absolute atomic E-state index is 13.1. The van der Waals surface area contributed by atoms with Gasteiger partial charge in [-0.3, -0.25) is 9.69 Å². The number of carbonyl (C=O) groups is 1. The molecule has 8 heteroatoms. The molecule has 168 valence electrons. The lowest BCUT2D eigenvalue weighted by atomic mass is 10.2. The molecule has 4 nitrogen and oxygen atoms in total. The topological polar surface area (TPSA) is 36.4 Å². The Bertz CT molecular complexity index is 941. The summed E-state index contributed by atoms with van der Waals surface area (Å²) in [6.45, 7) is 3.62. The number of aromatic nitrogens is 1. The summed E-state index contributed by atoms with van der Waals surface area (Å²) in [6, 6.07) is 14.2. The van der Waals surface area contributed by atoms with Gasteiger partial charge in [-0.1, -0.05) is 47.2 Å². The molecule has 1 aromatic heterocycles. The van der Waals surface area contributed by atoms with Crippen LogP contribution in [0.3, 0.4) is 0 Å². The molecule has 0 aliphatic carbocycles. The van der Waals surface area contributed by atoms with Crippen LogP contribution >= 0.6 is 47.1 Å². The van der Waals surface area contributed by atoms with Crippen LogP contribution in [0.4, 0.5) is 5.13 Å². The zero-order chi connectivity index (χ0) is 21.5. The third-order valence-corrected chi connectivity index (χ3v) is 7.39. The lowest BCUT2D eigenvalue weighted by Crippen LogP contribution is -2.33. The number of rotatable bonds is 10. The van der Waals surface area contributed by atoms with E-state index in [0.29, 0.717) is 18.0 Å². The number of nitrogens with zero attached hydrogens (tertiary/aromatic N) is 3. The molecule has 0 saturated carbocycles. The Labute approximate surface area is 204 Å². The molecule has 0 N–H and O–H groups in total. The van der Waals surface area contributed by atoms with E-state index in [-0.39, 0.29) is 18.3 Å². The number of hydrogen-bond donors (Lipinski definition) is 0. The molecule has 0 radical (unpaired) electrons. The van der Waals surface area contributed by atoms with Gasteiger partial charge < -0.3 is 4.90 Å². The van der Waals surface area contributed by atoms with Gasteiger partial charge in [0.15, 0.2) is 5.13 Å². The molecule has 3 aromatic rings. The number of halogens is 2. The molecule has 3 rings (SSSR count). The van der Waals surface area contributed by atoms with E-state index in [2.05, 4.69) is 17.0 Å². The largest absolute Gasteiger partial charge is 0.309 e. The molecule has 0 unspecified atom stereocenters. The summed E-state index contributed by atoms with van der Waals surface area (Å²) in [5.74, 6) is 1.06. The van der Waals surface area contributed by atoms with Crippen molar-refractivity contribution in [3.63, 3.8) is 0 Å². The summed E-state index contributed by atoms with van der Waals surface area (Å²) in [7, 11) is 4.10. The molecule has 0 aliphatic heterocycles. The van der Waals surface area contributed by atoms with Gasteiger partial charge >= 0.3 is 0 Å². The fourth-order valence-corrected chi connectivity index (χ4v) is 5.38. The van der Waals surface area contributed by atoms with Crippen molar-refractivity contribution < 1.29 is 4.79 Å². The highest BCUT2D eigenvalue weighted by molar-refractivity contribution is 7.99. The second-order valence-electron chi connectivity index (χ2n) is 7.51. The van der Waals surface area contributed by atoms with Crippen LogP contribution < -0.4 is 4.90 Å². The standard InChI is InChI=1S/C23H28ClN3OS2.ClH/c1-17-12-13-19(24)22-21(17)25-23(30-22)27(15-8-14-26(2)3)20(28)11-7-16-29-18-9-5-4-6-10-18;/h4-6,9-10,12-13H,7-8,11,14-16H2,1-3H3;1H. The molecular formula is C23H29Cl2N3OS2. The van der Waals surface area contributed by atoms with Gasteiger partial charge in [-0.15, -0.1) is 24.2 Å². The summed E-state index contributed by atoms with van der Waals surface area (Å²) in [5, 5.41) is 1.44. The monoisotopic (exact) mass is 497 g/mol. The minimum atomic E-state index is 0. The van der Waals surface area contributed by atoms with Crippen LogP contribution in [0.15, 0.2) is 47.4 Å². The molecule has 0 spiro atoms. The highest BCUT2D eigenvalue weighted by Gasteiger charge is 2.20. The Morgan fingerprint density at radius 1 is 1.10 bits per heavy atom. The predicted octanol–water partition coefficient (Wildman–Crippen LogP) is 6.54. The number of thioether (sulfide) groups is 1. The Morgan fingerprint density at radius 3 is 2.52 bits per heavy atom. The first-order valence-electron chi connectivity index (χ1n) is 10.1. The normalized spacial score (nSPS) is 11.0. The zero-order valence-electron chi connectivity index (χ0n) is 18.1. The van der Waals surface area contributed by atoms with Crippen molar-refractivity contribution in [2.45, 2.75) is 31.1 Å². The van der Waals surface area contributed by atoms with Crippen molar-refractivity contribution in [3.8, 4) is 0 Å². The van der Waals surface area contributed by atoms with E-state index in [4.69, 9.17) is 16.6 Å². The Morgan fingerprint density at radius 2 is 1.84 bits per heavy atom. The van der Waals surface area contributed by atoms with E-state index in [1.165, 1.54) is 16.2 Å². The fraction of sp³-hybridized carbons (Fsp3) is 0.391. The van der Waals surface area contributed by atoms with E-state index in [1.54, 1.807) is 11.8 Å². The van der Waals surface area contributed by atoms with Crippen LogP contribution in [0.2, 0.25) is 5.02 Å². The fourth-order valence-electron chi connectivity index (χ4n) is 3.14. The van der Waals surface area contributed by atoms with E-state index in [9.17, 15) is 4.79 Å². The van der Waals surface area contributed by atoms with Gasteiger partial charge in [-0.25, -0.2) is 4.98 Å². The Kier molecular flexibility index (Phi) is 10.6. The van der Waals surface area contributed by atoms with Crippen LogP contribution in [-0.4, -0.2) is 48.7 Å². The van der Waals surface area contributed by atoms with Crippen molar-refractivity contribution >= 4 is 68.4 Å². The number of fused-ring (bicyclic) bond motifs is 1. The summed E-state index contributed by atoms with van der Waals surface area (Å²) in [6.07, 6.45) is 2.26. The van der Waals surface area contributed by atoms with E-state index in [0.717, 1.165) is 46.1 Å². The van der Waals surface area contributed by atoms with Crippen molar-refractivity contribution in [1.82, 2.24) is 9.88 Å². The van der Waals surface area contributed by atoms with Crippen LogP contribution in [0.1, 0.15) is 24.8 Å². The number of aryl methyl sites for hydroxylation is 1. The highest BCUT2D eigenvalue weighted by Crippen LogP contribution is 2.36. The number of anilines is 1. The lowest BCUT2D eigenvalue weighted by Gasteiger charge is -2.21. The van der Waals surface area contributed by atoms with Gasteiger partial charge in [0.25, 0.3) is 0 Å². The Balaban J connectivity index is 0.00000341. The third-order valence-electron chi connectivity index (χ3n) is 4.75. The number of benzene rings is 2. The minimum Gasteiger partial charge on any atom is -0.309 e. The Hall–Kier alpha value is -1.31. The van der Waals surface area contributed by atoms with Gasteiger partial charge in [-0.2, -0.15) is 0 Å². The molecule has 0 aliphatic rings. The minimum absolute atomic E-state index is 0. The maximum atomic E-state index is 13.1. The van der Waals surface area contributed by atoms with Crippen molar-refractivity contribution in [2.24, 2.45) is 0 Å². The van der Waals surface area contributed by atoms with Crippen LogP contribution in [0.5, 0.6) is 0 Å². The third kappa shape index (κ3) is 7.36. The molecule has 0 bridgehead atoms. The maximum Gasteiger partial charge on any atom is 0.228 e. The van der Waals surface area contributed by atoms with Crippen molar-refractivity contribution in [2.75, 3.05) is 37.8 Å². The molecule has 1 heterocycles. The number of thiazole rings is 1. The SMILES string of the molecule is Cc1ccc(Cl)c2sc(N(CCCN(C)C)C(=O)CCCSc3ccccc3)nc12.Cl. The molecule has 1 amide bonds. The molecule has 0 fully saturated rings. The van der Waals surface area contributed by atoms with E-state index in [1.807, 2.05) is 56.3 Å². The zero-order valence-corrected chi connectivity index (χ0v) is 21.3. The van der Waals surface area contributed by atoms with Crippen LogP contribution in [0, 0.1) is 6.92 Å². The van der Waals surface area contributed by atoms with Gasteiger partial charge in [0.2, 0.25) is 5.91 Å². The molecular weight excluding hydrogens is 469 g/mol. The lowest BCUT2D eigenvalue weighted by molar-refractivity contribution is -0.118. The second kappa shape index (κ2) is 12.7. The van der Waals surface area contributed by atoms with E-state index < -0.39 is 0 Å². The highest BCUT2D eigenvalue weighted by atomic mass is 35.5.